The van der Waals surface area contributed by atoms with E-state index in [-0.39, 0.29) is 17.8 Å². The van der Waals surface area contributed by atoms with E-state index in [1.165, 1.54) is 18.2 Å². The van der Waals surface area contributed by atoms with Crippen LogP contribution in [0.3, 0.4) is 0 Å². The minimum atomic E-state index is -0.360. The van der Waals surface area contributed by atoms with Crippen LogP contribution in [0, 0.1) is 5.82 Å². The van der Waals surface area contributed by atoms with Crippen molar-refractivity contribution in [2.45, 2.75) is 25.8 Å². The predicted octanol–water partition coefficient (Wildman–Crippen LogP) is 3.88. The molecule has 0 heterocycles. The lowest BCUT2D eigenvalue weighted by Crippen LogP contribution is -2.34. The smallest absolute Gasteiger partial charge is 0.252 e. The Kier molecular flexibility index (Phi) is 6.12. The molecular formula is C12H14Br2FNO. The fourth-order valence-electron chi connectivity index (χ4n) is 1.45. The molecule has 0 aromatic heterocycles. The Morgan fingerprint density at radius 2 is 2.24 bits per heavy atom. The molecule has 17 heavy (non-hydrogen) atoms. The Bertz CT molecular complexity index is 398. The Labute approximate surface area is 117 Å². The molecule has 0 aliphatic rings. The zero-order chi connectivity index (χ0) is 12.8. The molecule has 1 aromatic carbocycles. The maximum absolute atomic E-state index is 12.9. The van der Waals surface area contributed by atoms with E-state index in [0.29, 0.717) is 10.0 Å². The second-order valence-corrected chi connectivity index (χ2v) is 5.33. The topological polar surface area (TPSA) is 29.1 Å². The largest absolute Gasteiger partial charge is 0.349 e. The summed E-state index contributed by atoms with van der Waals surface area (Å²) < 4.78 is 13.4. The molecule has 0 saturated heterocycles. The molecule has 94 valence electrons. The van der Waals surface area contributed by atoms with Gasteiger partial charge in [-0.05, 0) is 47.0 Å². The first-order valence-corrected chi connectivity index (χ1v) is 7.31. The van der Waals surface area contributed by atoms with Crippen molar-refractivity contribution in [3.8, 4) is 0 Å². The third kappa shape index (κ3) is 4.39. The normalized spacial score (nSPS) is 12.2. The van der Waals surface area contributed by atoms with Gasteiger partial charge in [0, 0.05) is 15.8 Å². The lowest BCUT2D eigenvalue weighted by Gasteiger charge is -2.16. The quantitative estimate of drug-likeness (QED) is 0.787. The molecule has 1 atom stereocenters. The van der Waals surface area contributed by atoms with Crippen LogP contribution in [0.5, 0.6) is 0 Å². The molecule has 1 rings (SSSR count). The lowest BCUT2D eigenvalue weighted by molar-refractivity contribution is 0.0934. The summed E-state index contributed by atoms with van der Waals surface area (Å²) in [5.41, 5.74) is 0.458. The maximum Gasteiger partial charge on any atom is 0.252 e. The average Bonchev–Trinajstić information content (AvgIpc) is 2.28. The van der Waals surface area contributed by atoms with Crippen LogP contribution < -0.4 is 5.32 Å². The van der Waals surface area contributed by atoms with Crippen molar-refractivity contribution in [2.24, 2.45) is 0 Å². The van der Waals surface area contributed by atoms with Crippen LogP contribution in [-0.4, -0.2) is 17.3 Å². The first-order chi connectivity index (χ1) is 8.08. The van der Waals surface area contributed by atoms with Crippen LogP contribution in [0.4, 0.5) is 4.39 Å². The van der Waals surface area contributed by atoms with E-state index < -0.39 is 0 Å². The lowest BCUT2D eigenvalue weighted by atomic mass is 10.1. The van der Waals surface area contributed by atoms with Gasteiger partial charge in [0.2, 0.25) is 0 Å². The van der Waals surface area contributed by atoms with Crippen LogP contribution in [-0.2, 0) is 0 Å². The molecule has 2 nitrogen and oxygen atoms in total. The fraction of sp³-hybridized carbons (Fsp3) is 0.417. The summed E-state index contributed by atoms with van der Waals surface area (Å²) in [4.78, 5) is 11.9. The predicted molar refractivity (Wildman–Crippen MR) is 74.1 cm³/mol. The highest BCUT2D eigenvalue weighted by molar-refractivity contribution is 9.10. The summed E-state index contributed by atoms with van der Waals surface area (Å²) >= 11 is 6.54. The molecule has 0 radical (unpaired) electrons. The summed E-state index contributed by atoms with van der Waals surface area (Å²) in [7, 11) is 0. The minimum Gasteiger partial charge on any atom is -0.349 e. The van der Waals surface area contributed by atoms with Gasteiger partial charge in [-0.15, -0.1) is 0 Å². The van der Waals surface area contributed by atoms with Crippen molar-refractivity contribution in [1.82, 2.24) is 5.32 Å². The third-order valence-electron chi connectivity index (χ3n) is 2.46. The number of carbonyl (C=O) groups is 1. The third-order valence-corrected chi connectivity index (χ3v) is 3.58. The fourth-order valence-corrected chi connectivity index (χ4v) is 2.53. The van der Waals surface area contributed by atoms with E-state index >= 15 is 0 Å². The maximum atomic E-state index is 12.9. The molecule has 1 unspecified atom stereocenters. The molecule has 0 fully saturated rings. The average molecular weight is 367 g/mol. The molecular weight excluding hydrogens is 353 g/mol. The Morgan fingerprint density at radius 1 is 1.53 bits per heavy atom. The molecule has 1 N–H and O–H groups in total. The van der Waals surface area contributed by atoms with Gasteiger partial charge in [-0.3, -0.25) is 4.79 Å². The van der Waals surface area contributed by atoms with Crippen LogP contribution in [0.2, 0.25) is 0 Å². The van der Waals surface area contributed by atoms with Crippen molar-refractivity contribution in [1.29, 1.82) is 0 Å². The van der Waals surface area contributed by atoms with Crippen LogP contribution >= 0.6 is 31.9 Å². The van der Waals surface area contributed by atoms with E-state index in [0.717, 1.165) is 18.2 Å². The van der Waals surface area contributed by atoms with Gasteiger partial charge < -0.3 is 5.32 Å². The number of alkyl halides is 1. The molecule has 0 bridgehead atoms. The van der Waals surface area contributed by atoms with Crippen molar-refractivity contribution < 1.29 is 9.18 Å². The van der Waals surface area contributed by atoms with Crippen molar-refractivity contribution in [3.63, 3.8) is 0 Å². The van der Waals surface area contributed by atoms with Crippen LogP contribution in [0.15, 0.2) is 22.7 Å². The SMILES string of the molecule is CCC(CCBr)NC(=O)c1ccc(F)cc1Br. The van der Waals surface area contributed by atoms with Gasteiger partial charge in [0.1, 0.15) is 5.82 Å². The minimum absolute atomic E-state index is 0.138. The number of nitrogens with one attached hydrogen (secondary N) is 1. The van der Waals surface area contributed by atoms with Gasteiger partial charge >= 0.3 is 0 Å². The summed E-state index contributed by atoms with van der Waals surface area (Å²) in [6.45, 7) is 2.02. The summed E-state index contributed by atoms with van der Waals surface area (Å²) in [6, 6.07) is 4.19. The number of hydrogen-bond donors (Lipinski definition) is 1. The van der Waals surface area contributed by atoms with Crippen LogP contribution in [0.25, 0.3) is 0 Å². The number of benzene rings is 1. The molecule has 0 aliphatic carbocycles. The van der Waals surface area contributed by atoms with Crippen LogP contribution in [0.1, 0.15) is 30.1 Å². The van der Waals surface area contributed by atoms with E-state index in [1.807, 2.05) is 6.92 Å². The van der Waals surface area contributed by atoms with Crippen molar-refractivity contribution in [2.75, 3.05) is 5.33 Å². The Balaban J connectivity index is 2.75. The number of hydrogen-bond acceptors (Lipinski definition) is 1. The van der Waals surface area contributed by atoms with Crippen molar-refractivity contribution >= 4 is 37.8 Å². The summed E-state index contributed by atoms with van der Waals surface area (Å²) in [6.07, 6.45) is 1.75. The second-order valence-electron chi connectivity index (χ2n) is 3.68. The standard InChI is InChI=1S/C12H14Br2FNO/c1-2-9(5-6-13)16-12(17)10-4-3-8(15)7-11(10)14/h3-4,7,9H,2,5-6H2,1H3,(H,16,17). The highest BCUT2D eigenvalue weighted by Gasteiger charge is 2.14. The van der Waals surface area contributed by atoms with Gasteiger partial charge in [-0.2, -0.15) is 0 Å². The van der Waals surface area contributed by atoms with Gasteiger partial charge in [-0.25, -0.2) is 4.39 Å². The van der Waals surface area contributed by atoms with E-state index in [1.54, 1.807) is 0 Å². The zero-order valence-electron chi connectivity index (χ0n) is 9.47. The van der Waals surface area contributed by atoms with E-state index in [2.05, 4.69) is 37.2 Å². The second kappa shape index (κ2) is 7.11. The van der Waals surface area contributed by atoms with Crippen molar-refractivity contribution in [3.05, 3.63) is 34.1 Å². The van der Waals surface area contributed by atoms with Gasteiger partial charge in [0.25, 0.3) is 5.91 Å². The highest BCUT2D eigenvalue weighted by atomic mass is 79.9. The monoisotopic (exact) mass is 365 g/mol. The highest BCUT2D eigenvalue weighted by Crippen LogP contribution is 2.18. The number of rotatable bonds is 5. The first kappa shape index (κ1) is 14.6. The number of halogens is 3. The van der Waals surface area contributed by atoms with Gasteiger partial charge in [0.05, 0.1) is 5.56 Å². The van der Waals surface area contributed by atoms with E-state index in [4.69, 9.17) is 0 Å². The Hall–Kier alpha value is -0.420. The first-order valence-electron chi connectivity index (χ1n) is 5.40. The van der Waals surface area contributed by atoms with Gasteiger partial charge in [0.15, 0.2) is 0 Å². The molecule has 1 aromatic rings. The molecule has 5 heteroatoms. The molecule has 0 spiro atoms. The van der Waals surface area contributed by atoms with E-state index in [9.17, 15) is 9.18 Å². The molecule has 1 amide bonds. The van der Waals surface area contributed by atoms with Gasteiger partial charge in [-0.1, -0.05) is 22.9 Å². The summed E-state index contributed by atoms with van der Waals surface area (Å²) in [5, 5.41) is 3.77. The number of amides is 1. The molecule has 0 saturated carbocycles. The Morgan fingerprint density at radius 3 is 2.76 bits per heavy atom. The summed E-state index contributed by atoms with van der Waals surface area (Å²) in [5.74, 6) is -0.536. The zero-order valence-corrected chi connectivity index (χ0v) is 12.6. The number of carbonyl (C=O) groups excluding carboxylic acids is 1. The molecule has 0 aliphatic heterocycles.